The van der Waals surface area contributed by atoms with Crippen molar-refractivity contribution in [2.24, 2.45) is 0 Å². The standard InChI is InChI=1S/C24H49NO5/c1-2-3-4-5-6-7-8-9-10-11-12-13-14-15-16-17-18-25-21-23(28)22(27)20(19-26)30-24(21)29/h20-29H,2-19H2,1H3/t20-,21-,22-,23-,24?/m1/s1. The number of ether oxygens (including phenoxy) is 1. The predicted molar refractivity (Wildman–Crippen MR) is 121 cm³/mol. The van der Waals surface area contributed by atoms with Gasteiger partial charge in [0, 0.05) is 0 Å². The lowest BCUT2D eigenvalue weighted by Crippen LogP contribution is -2.63. The molecular formula is C24H49NO5. The first-order valence-corrected chi connectivity index (χ1v) is 12.7. The van der Waals surface area contributed by atoms with Gasteiger partial charge >= 0.3 is 0 Å². The highest BCUT2D eigenvalue weighted by molar-refractivity contribution is 4.92. The average Bonchev–Trinajstić information content (AvgIpc) is 2.74. The lowest BCUT2D eigenvalue weighted by Gasteiger charge is -2.40. The van der Waals surface area contributed by atoms with Gasteiger partial charge in [0.25, 0.3) is 0 Å². The van der Waals surface area contributed by atoms with Crippen molar-refractivity contribution in [3.8, 4) is 0 Å². The van der Waals surface area contributed by atoms with Crippen molar-refractivity contribution in [3.63, 3.8) is 0 Å². The molecule has 0 aromatic carbocycles. The summed E-state index contributed by atoms with van der Waals surface area (Å²) in [5.74, 6) is 0. The van der Waals surface area contributed by atoms with Crippen LogP contribution in [0.4, 0.5) is 0 Å². The van der Waals surface area contributed by atoms with Gasteiger partial charge in [-0.05, 0) is 13.0 Å². The molecule has 1 heterocycles. The maximum atomic E-state index is 10.1. The molecule has 1 unspecified atom stereocenters. The highest BCUT2D eigenvalue weighted by Crippen LogP contribution is 2.20. The number of rotatable bonds is 19. The summed E-state index contributed by atoms with van der Waals surface area (Å²) >= 11 is 0. The predicted octanol–water partition coefficient (Wildman–Crippen LogP) is 3.64. The van der Waals surface area contributed by atoms with Gasteiger partial charge in [-0.3, -0.25) is 0 Å². The number of unbranched alkanes of at least 4 members (excludes halogenated alkanes) is 15. The fraction of sp³-hybridized carbons (Fsp3) is 1.00. The van der Waals surface area contributed by atoms with Crippen LogP contribution in [0.25, 0.3) is 0 Å². The third kappa shape index (κ3) is 12.0. The highest BCUT2D eigenvalue weighted by atomic mass is 16.6. The summed E-state index contributed by atoms with van der Waals surface area (Å²) < 4.78 is 5.15. The van der Waals surface area contributed by atoms with Crippen molar-refractivity contribution >= 4 is 0 Å². The van der Waals surface area contributed by atoms with Gasteiger partial charge in [-0.2, -0.15) is 0 Å². The molecule has 0 aliphatic carbocycles. The Morgan fingerprint density at radius 2 is 1.07 bits per heavy atom. The van der Waals surface area contributed by atoms with Gasteiger partial charge in [0.2, 0.25) is 0 Å². The van der Waals surface area contributed by atoms with Crippen LogP contribution in [-0.4, -0.2) is 64.2 Å². The molecule has 6 heteroatoms. The minimum Gasteiger partial charge on any atom is -0.394 e. The summed E-state index contributed by atoms with van der Waals surface area (Å²) in [7, 11) is 0. The minimum absolute atomic E-state index is 0.429. The van der Waals surface area contributed by atoms with Crippen molar-refractivity contribution < 1.29 is 25.2 Å². The second-order valence-corrected chi connectivity index (χ2v) is 9.01. The molecule has 0 aromatic rings. The van der Waals surface area contributed by atoms with E-state index in [1.54, 1.807) is 0 Å². The van der Waals surface area contributed by atoms with E-state index in [9.17, 15) is 15.3 Å². The van der Waals surface area contributed by atoms with Crippen LogP contribution < -0.4 is 5.32 Å². The topological polar surface area (TPSA) is 102 Å². The van der Waals surface area contributed by atoms with E-state index in [2.05, 4.69) is 12.2 Å². The second kappa shape index (κ2) is 18.3. The lowest BCUT2D eigenvalue weighted by atomic mass is 9.97. The van der Waals surface area contributed by atoms with Gasteiger partial charge in [-0.1, -0.05) is 103 Å². The first kappa shape index (κ1) is 27.8. The van der Waals surface area contributed by atoms with Crippen LogP contribution >= 0.6 is 0 Å². The molecule has 180 valence electrons. The lowest BCUT2D eigenvalue weighted by molar-refractivity contribution is -0.254. The maximum absolute atomic E-state index is 10.1. The molecule has 0 radical (unpaired) electrons. The van der Waals surface area contributed by atoms with Crippen LogP contribution in [0.5, 0.6) is 0 Å². The Bertz CT molecular complexity index is 385. The van der Waals surface area contributed by atoms with Crippen LogP contribution in [0, 0.1) is 0 Å². The Kier molecular flexibility index (Phi) is 17.0. The maximum Gasteiger partial charge on any atom is 0.173 e. The summed E-state index contributed by atoms with van der Waals surface area (Å²) in [5.41, 5.74) is 0. The van der Waals surface area contributed by atoms with Gasteiger partial charge in [-0.25, -0.2) is 0 Å². The van der Waals surface area contributed by atoms with Crippen molar-refractivity contribution in [2.75, 3.05) is 13.2 Å². The average molecular weight is 432 g/mol. The first-order chi connectivity index (χ1) is 14.6. The summed E-state index contributed by atoms with van der Waals surface area (Å²) in [5, 5.41) is 42.1. The van der Waals surface area contributed by atoms with Crippen LogP contribution in [0.15, 0.2) is 0 Å². The molecular weight excluding hydrogens is 382 g/mol. The molecule has 1 aliphatic heterocycles. The van der Waals surface area contributed by atoms with Gasteiger partial charge in [0.05, 0.1) is 12.6 Å². The van der Waals surface area contributed by atoms with E-state index < -0.39 is 37.3 Å². The summed E-state index contributed by atoms with van der Waals surface area (Å²) in [4.78, 5) is 0. The molecule has 0 saturated carbocycles. The molecule has 6 nitrogen and oxygen atoms in total. The van der Waals surface area contributed by atoms with Gasteiger partial charge in [0.15, 0.2) is 6.29 Å². The van der Waals surface area contributed by atoms with Crippen LogP contribution in [0.1, 0.15) is 110 Å². The normalized spacial score (nSPS) is 26.9. The fourth-order valence-corrected chi connectivity index (χ4v) is 4.26. The Morgan fingerprint density at radius 3 is 1.50 bits per heavy atom. The van der Waals surface area contributed by atoms with E-state index >= 15 is 0 Å². The van der Waals surface area contributed by atoms with Crippen LogP contribution in [0.2, 0.25) is 0 Å². The van der Waals surface area contributed by atoms with E-state index in [0.717, 1.165) is 12.8 Å². The van der Waals surface area contributed by atoms with Crippen molar-refractivity contribution in [3.05, 3.63) is 0 Å². The molecule has 1 fully saturated rings. The Balaban J connectivity index is 1.86. The fourth-order valence-electron chi connectivity index (χ4n) is 4.26. The van der Waals surface area contributed by atoms with E-state index in [1.807, 2.05) is 0 Å². The molecule has 0 bridgehead atoms. The molecule has 5 N–H and O–H groups in total. The molecule has 1 rings (SSSR count). The molecule has 1 aliphatic rings. The molecule has 0 aromatic heterocycles. The van der Waals surface area contributed by atoms with Crippen molar-refractivity contribution in [2.45, 2.75) is 140 Å². The van der Waals surface area contributed by atoms with Crippen LogP contribution in [0.3, 0.4) is 0 Å². The largest absolute Gasteiger partial charge is 0.394 e. The zero-order valence-corrected chi connectivity index (χ0v) is 19.3. The summed E-state index contributed by atoms with van der Waals surface area (Å²) in [6, 6.07) is -0.723. The van der Waals surface area contributed by atoms with Gasteiger partial charge in [0.1, 0.15) is 18.3 Å². The zero-order chi connectivity index (χ0) is 22.0. The summed E-state index contributed by atoms with van der Waals surface area (Å²) in [6.45, 7) is 2.50. The molecule has 1 saturated heterocycles. The third-order valence-electron chi connectivity index (χ3n) is 6.31. The van der Waals surface area contributed by atoms with E-state index in [1.165, 1.54) is 89.9 Å². The highest BCUT2D eigenvalue weighted by Gasteiger charge is 2.43. The smallest absolute Gasteiger partial charge is 0.173 e. The van der Waals surface area contributed by atoms with Crippen molar-refractivity contribution in [1.82, 2.24) is 5.32 Å². The van der Waals surface area contributed by atoms with E-state index in [0.29, 0.717) is 6.54 Å². The molecule has 0 amide bonds. The number of hydrogen-bond acceptors (Lipinski definition) is 6. The van der Waals surface area contributed by atoms with E-state index in [-0.39, 0.29) is 0 Å². The van der Waals surface area contributed by atoms with Crippen LogP contribution in [-0.2, 0) is 4.74 Å². The Morgan fingerprint density at radius 1 is 0.633 bits per heavy atom. The Hall–Kier alpha value is -0.240. The van der Waals surface area contributed by atoms with Gasteiger partial charge < -0.3 is 30.5 Å². The SMILES string of the molecule is CCCCCCCCCCCCCCCCCCN[C@H]1C(O)O[C@H](CO)[C@@H](O)[C@@H]1O. The minimum atomic E-state index is -1.22. The monoisotopic (exact) mass is 431 g/mol. The molecule has 0 spiro atoms. The number of hydrogen-bond donors (Lipinski definition) is 5. The summed E-state index contributed by atoms with van der Waals surface area (Å²) in [6.07, 6.45) is 16.7. The molecule has 5 atom stereocenters. The van der Waals surface area contributed by atoms with Gasteiger partial charge in [-0.15, -0.1) is 0 Å². The van der Waals surface area contributed by atoms with E-state index in [4.69, 9.17) is 9.84 Å². The number of aliphatic hydroxyl groups excluding tert-OH is 4. The molecule has 30 heavy (non-hydrogen) atoms. The second-order valence-electron chi connectivity index (χ2n) is 9.01. The number of nitrogens with one attached hydrogen (secondary N) is 1. The zero-order valence-electron chi connectivity index (χ0n) is 19.3. The van der Waals surface area contributed by atoms with Crippen molar-refractivity contribution in [1.29, 1.82) is 0 Å². The third-order valence-corrected chi connectivity index (χ3v) is 6.31. The first-order valence-electron chi connectivity index (χ1n) is 12.7. The quantitative estimate of drug-likeness (QED) is 0.200. The Labute approximate surface area is 184 Å². The number of aliphatic hydroxyl groups is 4.